The van der Waals surface area contributed by atoms with Gasteiger partial charge in [0.25, 0.3) is 0 Å². The van der Waals surface area contributed by atoms with E-state index in [-0.39, 0.29) is 0 Å². The highest BCUT2D eigenvalue weighted by atomic mass is 16.5. The van der Waals surface area contributed by atoms with E-state index in [1.165, 1.54) is 5.56 Å². The fraction of sp³-hybridized carbons (Fsp3) is 0.105. The Morgan fingerprint density at radius 1 is 0.875 bits per heavy atom. The van der Waals surface area contributed by atoms with Crippen molar-refractivity contribution in [1.82, 2.24) is 19.8 Å². The summed E-state index contributed by atoms with van der Waals surface area (Å²) in [4.78, 5) is 0. The first-order valence-corrected chi connectivity index (χ1v) is 7.69. The lowest BCUT2D eigenvalue weighted by Gasteiger charge is -2.07. The van der Waals surface area contributed by atoms with Gasteiger partial charge in [0.1, 0.15) is 5.75 Å². The van der Waals surface area contributed by atoms with Gasteiger partial charge in [-0.15, -0.1) is 10.2 Å². The number of nitrogens with zero attached hydrogens (tertiary/aromatic N) is 4. The highest BCUT2D eigenvalue weighted by Gasteiger charge is 2.14. The first-order chi connectivity index (χ1) is 11.8. The molecule has 24 heavy (non-hydrogen) atoms. The quantitative estimate of drug-likeness (QED) is 0.577. The van der Waals surface area contributed by atoms with Gasteiger partial charge in [0.05, 0.1) is 18.4 Å². The van der Waals surface area contributed by atoms with Crippen LogP contribution in [-0.2, 0) is 0 Å². The van der Waals surface area contributed by atoms with Crippen LogP contribution in [0.25, 0.3) is 28.3 Å². The van der Waals surface area contributed by atoms with E-state index in [0.717, 1.165) is 22.6 Å². The minimum absolute atomic E-state index is 0.663. The minimum Gasteiger partial charge on any atom is -0.496 e. The zero-order chi connectivity index (χ0) is 16.5. The summed E-state index contributed by atoms with van der Waals surface area (Å²) < 4.78 is 7.19. The molecule has 0 saturated carbocycles. The lowest BCUT2D eigenvalue weighted by molar-refractivity contribution is 0.416. The number of aryl methyl sites for hydroxylation is 1. The second kappa shape index (κ2) is 5.77. The van der Waals surface area contributed by atoms with Crippen molar-refractivity contribution in [3.63, 3.8) is 0 Å². The van der Waals surface area contributed by atoms with E-state index in [2.05, 4.69) is 41.4 Å². The van der Waals surface area contributed by atoms with Crippen molar-refractivity contribution in [3.8, 4) is 28.4 Å². The normalized spacial score (nSPS) is 10.9. The summed E-state index contributed by atoms with van der Waals surface area (Å²) in [7, 11) is 1.65. The summed E-state index contributed by atoms with van der Waals surface area (Å²) in [5, 5.41) is 13.2. The molecule has 118 valence electrons. The lowest BCUT2D eigenvalue weighted by atomic mass is 10.1. The first-order valence-electron chi connectivity index (χ1n) is 7.69. The first kappa shape index (κ1) is 14.4. The van der Waals surface area contributed by atoms with Crippen LogP contribution in [0.15, 0.2) is 60.7 Å². The van der Waals surface area contributed by atoms with E-state index in [0.29, 0.717) is 11.5 Å². The highest BCUT2D eigenvalue weighted by molar-refractivity contribution is 5.67. The number of hydrogen-bond donors (Lipinski definition) is 0. The number of benzene rings is 2. The largest absolute Gasteiger partial charge is 0.496 e. The Kier molecular flexibility index (Phi) is 3.46. The molecular formula is C19H16N4O. The van der Waals surface area contributed by atoms with Crippen LogP contribution in [-0.4, -0.2) is 26.9 Å². The Morgan fingerprint density at radius 2 is 1.67 bits per heavy atom. The van der Waals surface area contributed by atoms with Crippen molar-refractivity contribution in [1.29, 1.82) is 0 Å². The molecule has 0 unspecified atom stereocenters. The van der Waals surface area contributed by atoms with Crippen molar-refractivity contribution in [2.45, 2.75) is 6.92 Å². The summed E-state index contributed by atoms with van der Waals surface area (Å²) in [5.41, 5.74) is 4.72. The zero-order valence-electron chi connectivity index (χ0n) is 13.5. The Labute approximate surface area is 139 Å². The second-order valence-electron chi connectivity index (χ2n) is 5.58. The van der Waals surface area contributed by atoms with Gasteiger partial charge in [0.15, 0.2) is 11.5 Å². The average molecular weight is 316 g/mol. The molecule has 2 aromatic heterocycles. The standard InChI is InChI=1S/C19H16N4O/c1-13-7-9-14(10-8-13)16-11-12-18-20-21-19(23(18)22-16)15-5-3-4-6-17(15)24-2/h3-12H,1-2H3. The van der Waals surface area contributed by atoms with Gasteiger partial charge >= 0.3 is 0 Å². The molecule has 0 aliphatic rings. The number of rotatable bonds is 3. The average Bonchev–Trinajstić information content (AvgIpc) is 3.05. The molecule has 0 N–H and O–H groups in total. The molecule has 0 bridgehead atoms. The number of ether oxygens (including phenoxy) is 1. The molecule has 5 heteroatoms. The molecule has 0 fully saturated rings. The van der Waals surface area contributed by atoms with Crippen molar-refractivity contribution in [2.75, 3.05) is 7.11 Å². The Bertz CT molecular complexity index is 1010. The minimum atomic E-state index is 0.663. The number of hydrogen-bond acceptors (Lipinski definition) is 4. The Morgan fingerprint density at radius 3 is 2.46 bits per heavy atom. The van der Waals surface area contributed by atoms with Crippen LogP contribution in [0.4, 0.5) is 0 Å². The molecule has 0 spiro atoms. The van der Waals surface area contributed by atoms with Crippen LogP contribution < -0.4 is 4.74 Å². The molecular weight excluding hydrogens is 300 g/mol. The van der Waals surface area contributed by atoms with E-state index < -0.39 is 0 Å². The van der Waals surface area contributed by atoms with E-state index >= 15 is 0 Å². The predicted molar refractivity (Wildman–Crippen MR) is 92.9 cm³/mol. The Balaban J connectivity index is 1.89. The topological polar surface area (TPSA) is 52.3 Å². The van der Waals surface area contributed by atoms with E-state index in [1.54, 1.807) is 11.6 Å². The van der Waals surface area contributed by atoms with Crippen molar-refractivity contribution in [3.05, 3.63) is 66.2 Å². The number of aromatic nitrogens is 4. The third-order valence-electron chi connectivity index (χ3n) is 3.96. The number of methoxy groups -OCH3 is 1. The van der Waals surface area contributed by atoms with Crippen LogP contribution in [0.5, 0.6) is 5.75 Å². The van der Waals surface area contributed by atoms with Crippen molar-refractivity contribution >= 4 is 5.65 Å². The van der Waals surface area contributed by atoms with Crippen LogP contribution in [0, 0.1) is 6.92 Å². The molecule has 0 aliphatic carbocycles. The van der Waals surface area contributed by atoms with Gasteiger partial charge < -0.3 is 4.74 Å². The summed E-state index contributed by atoms with van der Waals surface area (Å²) in [6, 6.07) is 19.9. The van der Waals surface area contributed by atoms with Crippen LogP contribution >= 0.6 is 0 Å². The van der Waals surface area contributed by atoms with E-state index in [4.69, 9.17) is 9.84 Å². The van der Waals surface area contributed by atoms with Crippen molar-refractivity contribution < 1.29 is 4.74 Å². The van der Waals surface area contributed by atoms with Gasteiger partial charge in [-0.05, 0) is 31.2 Å². The summed E-state index contributed by atoms with van der Waals surface area (Å²) in [5.74, 6) is 1.41. The van der Waals surface area contributed by atoms with Gasteiger partial charge in [-0.1, -0.05) is 42.0 Å². The Hall–Kier alpha value is -3.21. The van der Waals surface area contributed by atoms with Crippen LogP contribution in [0.2, 0.25) is 0 Å². The summed E-state index contributed by atoms with van der Waals surface area (Å²) in [6.07, 6.45) is 0. The fourth-order valence-electron chi connectivity index (χ4n) is 2.66. The second-order valence-corrected chi connectivity index (χ2v) is 5.58. The van der Waals surface area contributed by atoms with Crippen LogP contribution in [0.3, 0.4) is 0 Å². The highest BCUT2D eigenvalue weighted by Crippen LogP contribution is 2.28. The van der Waals surface area contributed by atoms with E-state index in [1.807, 2.05) is 36.4 Å². The molecule has 2 aromatic carbocycles. The third-order valence-corrected chi connectivity index (χ3v) is 3.96. The van der Waals surface area contributed by atoms with Gasteiger partial charge in [0, 0.05) is 5.56 Å². The number of para-hydroxylation sites is 1. The zero-order valence-corrected chi connectivity index (χ0v) is 13.5. The number of fused-ring (bicyclic) bond motifs is 1. The van der Waals surface area contributed by atoms with Crippen LogP contribution in [0.1, 0.15) is 5.56 Å². The molecule has 0 saturated heterocycles. The maximum Gasteiger partial charge on any atom is 0.189 e. The van der Waals surface area contributed by atoms with E-state index in [9.17, 15) is 0 Å². The predicted octanol–water partition coefficient (Wildman–Crippen LogP) is 3.78. The SMILES string of the molecule is COc1ccccc1-c1nnc2ccc(-c3ccc(C)cc3)nn12. The van der Waals surface area contributed by atoms with Gasteiger partial charge in [-0.3, -0.25) is 0 Å². The maximum absolute atomic E-state index is 5.44. The van der Waals surface area contributed by atoms with Gasteiger partial charge in [-0.2, -0.15) is 9.61 Å². The molecule has 4 aromatic rings. The smallest absolute Gasteiger partial charge is 0.189 e. The molecule has 0 radical (unpaired) electrons. The molecule has 2 heterocycles. The molecule has 4 rings (SSSR count). The molecule has 0 atom stereocenters. The molecule has 0 amide bonds. The van der Waals surface area contributed by atoms with Crippen molar-refractivity contribution in [2.24, 2.45) is 0 Å². The maximum atomic E-state index is 5.44. The molecule has 0 aliphatic heterocycles. The summed E-state index contributed by atoms with van der Waals surface area (Å²) in [6.45, 7) is 2.07. The third kappa shape index (κ3) is 2.40. The lowest BCUT2D eigenvalue weighted by Crippen LogP contribution is -1.98. The summed E-state index contributed by atoms with van der Waals surface area (Å²) >= 11 is 0. The van der Waals surface area contributed by atoms with Gasteiger partial charge in [0.2, 0.25) is 0 Å². The van der Waals surface area contributed by atoms with Gasteiger partial charge in [-0.25, -0.2) is 0 Å². The monoisotopic (exact) mass is 316 g/mol. The molecule has 5 nitrogen and oxygen atoms in total. The fourth-order valence-corrected chi connectivity index (χ4v) is 2.66.